The maximum Gasteiger partial charge on any atom is 0.296 e. The van der Waals surface area contributed by atoms with Crippen molar-refractivity contribution in [3.63, 3.8) is 0 Å². The summed E-state index contributed by atoms with van der Waals surface area (Å²) in [6, 6.07) is 4.50. The van der Waals surface area contributed by atoms with Gasteiger partial charge in [0.25, 0.3) is 5.56 Å². The number of fused-ring (bicyclic) bond motifs is 1. The van der Waals surface area contributed by atoms with Gasteiger partial charge in [0, 0.05) is 25.7 Å². The number of hydrogen-bond donors (Lipinski definition) is 2. The Hall–Kier alpha value is -2.83. The molecule has 3 aromatic rings. The van der Waals surface area contributed by atoms with Crippen LogP contribution in [0.3, 0.4) is 0 Å². The molecular formula is C22H30N6O5S. The molecule has 0 amide bonds. The van der Waals surface area contributed by atoms with Crippen molar-refractivity contribution in [2.75, 3.05) is 26.4 Å². The molecule has 0 aliphatic heterocycles. The van der Waals surface area contributed by atoms with E-state index in [0.29, 0.717) is 43.4 Å². The standard InChI is InChI=1S/C22H30N6O5S/c1-3-32-13-7-12-23-34(30,31)16-10-11-18(33-4-2)17(14-16)19-24-22(29)21-26-25-20(28(21)27-19)15-8-5-6-9-15/h10-11,14-15,23H,3-9,12-13H2,1-2H3,(H,24,27,29). The number of nitrogens with zero attached hydrogens (tertiary/aromatic N) is 4. The Morgan fingerprint density at radius 3 is 2.71 bits per heavy atom. The van der Waals surface area contributed by atoms with Crippen LogP contribution < -0.4 is 15.0 Å². The van der Waals surface area contributed by atoms with Crippen molar-refractivity contribution in [2.45, 2.75) is 56.8 Å². The van der Waals surface area contributed by atoms with Crippen molar-refractivity contribution in [1.29, 1.82) is 0 Å². The van der Waals surface area contributed by atoms with Gasteiger partial charge < -0.3 is 14.5 Å². The first kappa shape index (κ1) is 24.3. The Morgan fingerprint density at radius 1 is 1.18 bits per heavy atom. The lowest BCUT2D eigenvalue weighted by atomic mass is 10.1. The molecule has 2 heterocycles. The molecule has 0 bridgehead atoms. The van der Waals surface area contributed by atoms with Crippen LogP contribution >= 0.6 is 0 Å². The first-order valence-corrected chi connectivity index (χ1v) is 13.1. The van der Waals surface area contributed by atoms with Gasteiger partial charge in [-0.15, -0.1) is 15.3 Å². The molecule has 1 fully saturated rings. The Labute approximate surface area is 197 Å². The minimum Gasteiger partial charge on any atom is -0.493 e. The number of nitrogens with one attached hydrogen (secondary N) is 2. The third-order valence-electron chi connectivity index (χ3n) is 5.80. The second kappa shape index (κ2) is 10.6. The van der Waals surface area contributed by atoms with Gasteiger partial charge in [-0.2, -0.15) is 4.52 Å². The van der Waals surface area contributed by atoms with Gasteiger partial charge in [0.15, 0.2) is 11.6 Å². The van der Waals surface area contributed by atoms with Crippen molar-refractivity contribution < 1.29 is 17.9 Å². The van der Waals surface area contributed by atoms with Crippen LogP contribution in [-0.4, -0.2) is 59.6 Å². The lowest BCUT2D eigenvalue weighted by Gasteiger charge is -2.13. The molecule has 0 saturated heterocycles. The van der Waals surface area contributed by atoms with E-state index in [-0.39, 0.29) is 28.8 Å². The molecule has 1 aliphatic carbocycles. The van der Waals surface area contributed by atoms with E-state index >= 15 is 0 Å². The van der Waals surface area contributed by atoms with E-state index in [1.54, 1.807) is 6.07 Å². The summed E-state index contributed by atoms with van der Waals surface area (Å²) in [5.74, 6) is 1.44. The zero-order valence-electron chi connectivity index (χ0n) is 19.4. The minimum atomic E-state index is -3.79. The lowest BCUT2D eigenvalue weighted by molar-refractivity contribution is 0.146. The molecule has 0 unspecified atom stereocenters. The fourth-order valence-electron chi connectivity index (χ4n) is 4.13. The van der Waals surface area contributed by atoms with E-state index in [1.807, 2.05) is 13.8 Å². The molecule has 0 atom stereocenters. The SMILES string of the molecule is CCOCCCNS(=O)(=O)c1ccc(OCC)c(-c2nn3c(C4CCCC4)nnc3c(=O)[nH]2)c1. The van der Waals surface area contributed by atoms with Gasteiger partial charge in [-0.05, 0) is 51.3 Å². The average molecular weight is 491 g/mol. The van der Waals surface area contributed by atoms with Gasteiger partial charge in [-0.1, -0.05) is 12.8 Å². The molecule has 1 aliphatic rings. The summed E-state index contributed by atoms with van der Waals surface area (Å²) in [6.07, 6.45) is 4.69. The summed E-state index contributed by atoms with van der Waals surface area (Å²) < 4.78 is 40.8. The number of ether oxygens (including phenoxy) is 2. The first-order valence-electron chi connectivity index (χ1n) is 11.6. The smallest absolute Gasteiger partial charge is 0.296 e. The quantitative estimate of drug-likeness (QED) is 0.390. The lowest BCUT2D eigenvalue weighted by Crippen LogP contribution is -2.25. The van der Waals surface area contributed by atoms with Gasteiger partial charge in [0.1, 0.15) is 5.75 Å². The van der Waals surface area contributed by atoms with Crippen LogP contribution in [0.4, 0.5) is 0 Å². The van der Waals surface area contributed by atoms with E-state index < -0.39 is 15.6 Å². The summed E-state index contributed by atoms with van der Waals surface area (Å²) in [4.78, 5) is 15.5. The number of H-pyrrole nitrogens is 1. The van der Waals surface area contributed by atoms with E-state index in [1.165, 1.54) is 16.6 Å². The van der Waals surface area contributed by atoms with Crippen molar-refractivity contribution in [2.24, 2.45) is 0 Å². The predicted molar refractivity (Wildman–Crippen MR) is 126 cm³/mol. The summed E-state index contributed by atoms with van der Waals surface area (Å²) in [5.41, 5.74) is 0.0268. The number of benzene rings is 1. The normalized spacial score (nSPS) is 14.8. The Morgan fingerprint density at radius 2 is 1.97 bits per heavy atom. The average Bonchev–Trinajstić information content (AvgIpc) is 3.49. The van der Waals surface area contributed by atoms with Crippen molar-refractivity contribution in [3.8, 4) is 17.1 Å². The second-order valence-electron chi connectivity index (χ2n) is 8.12. The number of sulfonamides is 1. The number of hydrogen-bond acceptors (Lipinski definition) is 8. The summed E-state index contributed by atoms with van der Waals surface area (Å²) >= 11 is 0. The van der Waals surface area contributed by atoms with Gasteiger partial charge >= 0.3 is 0 Å². The molecule has 11 nitrogen and oxygen atoms in total. The molecule has 34 heavy (non-hydrogen) atoms. The zero-order chi connectivity index (χ0) is 24.1. The number of rotatable bonds is 11. The molecule has 12 heteroatoms. The van der Waals surface area contributed by atoms with Crippen LogP contribution in [0.15, 0.2) is 27.9 Å². The monoisotopic (exact) mass is 490 g/mol. The maximum atomic E-state index is 12.9. The molecule has 0 spiro atoms. The van der Waals surface area contributed by atoms with E-state index in [2.05, 4.69) is 25.0 Å². The summed E-state index contributed by atoms with van der Waals surface area (Å²) in [6.45, 7) is 5.38. The van der Waals surface area contributed by atoms with Gasteiger partial charge in [-0.25, -0.2) is 13.1 Å². The van der Waals surface area contributed by atoms with Gasteiger partial charge in [-0.3, -0.25) is 4.79 Å². The van der Waals surface area contributed by atoms with Crippen LogP contribution in [-0.2, 0) is 14.8 Å². The van der Waals surface area contributed by atoms with Gasteiger partial charge in [0.05, 0.1) is 17.1 Å². The van der Waals surface area contributed by atoms with E-state index in [0.717, 1.165) is 25.7 Å². The van der Waals surface area contributed by atoms with Crippen LogP contribution in [0, 0.1) is 0 Å². The number of aromatic nitrogens is 5. The molecule has 1 saturated carbocycles. The third kappa shape index (κ3) is 5.13. The fraction of sp³-hybridized carbons (Fsp3) is 0.545. The maximum absolute atomic E-state index is 12.9. The fourth-order valence-corrected chi connectivity index (χ4v) is 5.23. The van der Waals surface area contributed by atoms with Crippen LogP contribution in [0.1, 0.15) is 57.7 Å². The Bertz CT molecular complexity index is 1300. The highest BCUT2D eigenvalue weighted by Gasteiger charge is 2.25. The molecule has 2 aromatic heterocycles. The highest BCUT2D eigenvalue weighted by Crippen LogP contribution is 2.33. The Kier molecular flexibility index (Phi) is 7.59. The molecule has 2 N–H and O–H groups in total. The van der Waals surface area contributed by atoms with Crippen molar-refractivity contribution >= 4 is 15.7 Å². The van der Waals surface area contributed by atoms with Crippen LogP contribution in [0.2, 0.25) is 0 Å². The largest absolute Gasteiger partial charge is 0.493 e. The number of aromatic amines is 1. The highest BCUT2D eigenvalue weighted by atomic mass is 32.2. The van der Waals surface area contributed by atoms with Crippen LogP contribution in [0.25, 0.3) is 17.0 Å². The molecule has 1 aromatic carbocycles. The van der Waals surface area contributed by atoms with E-state index in [4.69, 9.17) is 9.47 Å². The van der Waals surface area contributed by atoms with Crippen molar-refractivity contribution in [3.05, 3.63) is 34.4 Å². The highest BCUT2D eigenvalue weighted by molar-refractivity contribution is 7.89. The molecule has 184 valence electrons. The first-order chi connectivity index (χ1) is 16.4. The third-order valence-corrected chi connectivity index (χ3v) is 7.26. The van der Waals surface area contributed by atoms with E-state index in [9.17, 15) is 13.2 Å². The molecule has 0 radical (unpaired) electrons. The minimum absolute atomic E-state index is 0.0462. The summed E-state index contributed by atoms with van der Waals surface area (Å²) in [5, 5.41) is 12.9. The second-order valence-corrected chi connectivity index (χ2v) is 9.88. The topological polar surface area (TPSA) is 141 Å². The molecular weight excluding hydrogens is 460 g/mol. The zero-order valence-corrected chi connectivity index (χ0v) is 20.2. The van der Waals surface area contributed by atoms with Crippen LogP contribution in [0.5, 0.6) is 5.75 Å². The summed E-state index contributed by atoms with van der Waals surface area (Å²) in [7, 11) is -3.79. The Balaban J connectivity index is 1.72. The van der Waals surface area contributed by atoms with Crippen molar-refractivity contribution in [1.82, 2.24) is 29.5 Å². The van der Waals surface area contributed by atoms with Gasteiger partial charge in [0.2, 0.25) is 15.7 Å². The predicted octanol–water partition coefficient (Wildman–Crippen LogP) is 2.24. The molecule has 4 rings (SSSR count).